The molecule has 0 saturated carbocycles. The van der Waals surface area contributed by atoms with Crippen LogP contribution in [0.2, 0.25) is 0 Å². The lowest BCUT2D eigenvalue weighted by Crippen LogP contribution is -2.29. The van der Waals surface area contributed by atoms with Crippen LogP contribution in [0.1, 0.15) is 24.2 Å². The van der Waals surface area contributed by atoms with Crippen LogP contribution in [0.5, 0.6) is 5.75 Å². The Labute approximate surface area is 183 Å². The smallest absolute Gasteiger partial charge is 0.490 e. The van der Waals surface area contributed by atoms with Crippen molar-refractivity contribution in [1.82, 2.24) is 9.97 Å². The molecule has 1 atom stereocenters. The minimum absolute atomic E-state index is 0.107. The van der Waals surface area contributed by atoms with E-state index < -0.39 is 18.2 Å². The van der Waals surface area contributed by atoms with Crippen molar-refractivity contribution < 1.29 is 27.4 Å². The second-order valence-electron chi connectivity index (χ2n) is 6.89. The molecule has 0 amide bonds. The SMILES string of the molecule is CCOc1ccc(-c2cc(NC[C@H](OC(=O)C(F)(F)F)c3ccccc3)ncn2)cc1C. The number of hydrogen-bond acceptors (Lipinski definition) is 6. The zero-order chi connectivity index (χ0) is 23.1. The lowest BCUT2D eigenvalue weighted by atomic mass is 10.1. The van der Waals surface area contributed by atoms with Gasteiger partial charge < -0.3 is 14.8 Å². The van der Waals surface area contributed by atoms with Gasteiger partial charge in [-0.3, -0.25) is 0 Å². The van der Waals surface area contributed by atoms with Crippen LogP contribution in [0, 0.1) is 6.92 Å². The third-order valence-electron chi connectivity index (χ3n) is 4.56. The highest BCUT2D eigenvalue weighted by Crippen LogP contribution is 2.27. The average molecular weight is 445 g/mol. The maximum Gasteiger partial charge on any atom is 0.490 e. The molecule has 0 saturated heterocycles. The maximum absolute atomic E-state index is 12.7. The lowest BCUT2D eigenvalue weighted by Gasteiger charge is -2.20. The molecule has 0 aliphatic rings. The summed E-state index contributed by atoms with van der Waals surface area (Å²) in [5.41, 5.74) is 2.83. The normalized spacial score (nSPS) is 12.2. The number of nitrogens with zero attached hydrogens (tertiary/aromatic N) is 2. The molecule has 1 N–H and O–H groups in total. The van der Waals surface area contributed by atoms with Crippen molar-refractivity contribution in [2.75, 3.05) is 18.5 Å². The van der Waals surface area contributed by atoms with Gasteiger partial charge in [0, 0.05) is 11.6 Å². The lowest BCUT2D eigenvalue weighted by molar-refractivity contribution is -0.204. The van der Waals surface area contributed by atoms with Gasteiger partial charge in [-0.25, -0.2) is 14.8 Å². The number of alkyl halides is 3. The zero-order valence-corrected chi connectivity index (χ0v) is 17.5. The summed E-state index contributed by atoms with van der Waals surface area (Å²) in [7, 11) is 0. The summed E-state index contributed by atoms with van der Waals surface area (Å²) in [5, 5.41) is 2.94. The number of benzene rings is 2. The fourth-order valence-corrected chi connectivity index (χ4v) is 3.03. The van der Waals surface area contributed by atoms with Gasteiger partial charge in [0.25, 0.3) is 0 Å². The van der Waals surface area contributed by atoms with Crippen LogP contribution >= 0.6 is 0 Å². The van der Waals surface area contributed by atoms with Crippen LogP contribution in [-0.2, 0) is 9.53 Å². The molecule has 9 heteroatoms. The molecular formula is C23H22F3N3O3. The average Bonchev–Trinajstić information content (AvgIpc) is 2.78. The quantitative estimate of drug-likeness (QED) is 0.486. The van der Waals surface area contributed by atoms with Gasteiger partial charge in [-0.2, -0.15) is 13.2 Å². The summed E-state index contributed by atoms with van der Waals surface area (Å²) in [4.78, 5) is 19.8. The number of carbonyl (C=O) groups is 1. The predicted molar refractivity (Wildman–Crippen MR) is 113 cm³/mol. The van der Waals surface area contributed by atoms with E-state index in [0.29, 0.717) is 23.7 Å². The van der Waals surface area contributed by atoms with E-state index in [-0.39, 0.29) is 6.54 Å². The number of ether oxygens (including phenoxy) is 2. The Morgan fingerprint density at radius 2 is 1.84 bits per heavy atom. The third kappa shape index (κ3) is 5.96. The number of hydrogen-bond donors (Lipinski definition) is 1. The van der Waals surface area contributed by atoms with E-state index in [2.05, 4.69) is 15.3 Å². The Morgan fingerprint density at radius 1 is 1.09 bits per heavy atom. The van der Waals surface area contributed by atoms with Gasteiger partial charge in [0.2, 0.25) is 0 Å². The van der Waals surface area contributed by atoms with Crippen LogP contribution in [0.25, 0.3) is 11.3 Å². The molecule has 1 aromatic heterocycles. The summed E-state index contributed by atoms with van der Waals surface area (Å²) in [6, 6.07) is 15.5. The molecule has 3 aromatic rings. The van der Waals surface area contributed by atoms with Crippen molar-refractivity contribution in [3.05, 3.63) is 72.1 Å². The van der Waals surface area contributed by atoms with E-state index in [1.54, 1.807) is 36.4 Å². The molecule has 0 spiro atoms. The van der Waals surface area contributed by atoms with Crippen LogP contribution < -0.4 is 10.1 Å². The highest BCUT2D eigenvalue weighted by Gasteiger charge is 2.42. The van der Waals surface area contributed by atoms with Gasteiger partial charge in [0.05, 0.1) is 18.8 Å². The Morgan fingerprint density at radius 3 is 2.50 bits per heavy atom. The number of anilines is 1. The number of nitrogens with one attached hydrogen (secondary N) is 1. The monoisotopic (exact) mass is 445 g/mol. The fourth-order valence-electron chi connectivity index (χ4n) is 3.03. The first-order valence-corrected chi connectivity index (χ1v) is 9.90. The second kappa shape index (κ2) is 10.1. The number of aromatic nitrogens is 2. The number of esters is 1. The first-order valence-electron chi connectivity index (χ1n) is 9.90. The molecule has 6 nitrogen and oxygen atoms in total. The van der Waals surface area contributed by atoms with Crippen molar-refractivity contribution in [2.24, 2.45) is 0 Å². The van der Waals surface area contributed by atoms with Crippen molar-refractivity contribution in [3.63, 3.8) is 0 Å². The van der Waals surface area contributed by atoms with E-state index in [0.717, 1.165) is 16.9 Å². The number of carbonyl (C=O) groups excluding carboxylic acids is 1. The van der Waals surface area contributed by atoms with Crippen LogP contribution in [0.4, 0.5) is 19.0 Å². The largest absolute Gasteiger partial charge is 0.494 e. The Hall–Kier alpha value is -3.62. The summed E-state index contributed by atoms with van der Waals surface area (Å²) in [5.74, 6) is -1.09. The molecule has 1 heterocycles. The molecule has 0 bridgehead atoms. The zero-order valence-electron chi connectivity index (χ0n) is 17.5. The van der Waals surface area contributed by atoms with Crippen molar-refractivity contribution in [1.29, 1.82) is 0 Å². The molecule has 2 aromatic carbocycles. The number of rotatable bonds is 8. The van der Waals surface area contributed by atoms with Crippen molar-refractivity contribution in [2.45, 2.75) is 26.1 Å². The fraction of sp³-hybridized carbons (Fsp3) is 0.261. The number of aryl methyl sites for hydroxylation is 1. The van der Waals surface area contributed by atoms with E-state index in [1.807, 2.05) is 32.0 Å². The molecule has 0 radical (unpaired) electrons. The van der Waals surface area contributed by atoms with Crippen LogP contribution in [0.3, 0.4) is 0 Å². The van der Waals surface area contributed by atoms with Gasteiger partial charge in [0.1, 0.15) is 24.0 Å². The number of halogens is 3. The summed E-state index contributed by atoms with van der Waals surface area (Å²) < 4.78 is 48.4. The van der Waals surface area contributed by atoms with Gasteiger partial charge >= 0.3 is 12.1 Å². The highest BCUT2D eigenvalue weighted by atomic mass is 19.4. The molecule has 0 aliphatic carbocycles. The molecule has 168 valence electrons. The minimum atomic E-state index is -5.08. The van der Waals surface area contributed by atoms with Gasteiger partial charge in [0.15, 0.2) is 0 Å². The Balaban J connectivity index is 1.77. The molecule has 0 unspecified atom stereocenters. The second-order valence-corrected chi connectivity index (χ2v) is 6.89. The maximum atomic E-state index is 12.7. The Kier molecular flexibility index (Phi) is 7.29. The van der Waals surface area contributed by atoms with Gasteiger partial charge in [-0.15, -0.1) is 0 Å². The summed E-state index contributed by atoms with van der Waals surface area (Å²) in [6.07, 6.45) is -4.89. The first kappa shape index (κ1) is 23.1. The Bertz CT molecular complexity index is 1060. The van der Waals surface area contributed by atoms with Crippen molar-refractivity contribution in [3.8, 4) is 17.0 Å². The molecule has 3 rings (SSSR count). The molecular weight excluding hydrogens is 423 g/mol. The summed E-state index contributed by atoms with van der Waals surface area (Å²) in [6.45, 7) is 4.28. The standard InChI is InChI=1S/C23H22F3N3O3/c1-3-31-19-10-9-17(11-15(19)2)18-12-21(29-14-28-18)27-13-20(16-7-5-4-6-8-16)32-22(30)23(24,25)26/h4-12,14,20H,3,13H2,1-2H3,(H,27,28,29)/t20-/m0/s1. The van der Waals surface area contributed by atoms with Crippen LogP contribution in [0.15, 0.2) is 60.9 Å². The van der Waals surface area contributed by atoms with E-state index in [4.69, 9.17) is 9.47 Å². The van der Waals surface area contributed by atoms with Crippen molar-refractivity contribution >= 4 is 11.8 Å². The van der Waals surface area contributed by atoms with E-state index >= 15 is 0 Å². The molecule has 32 heavy (non-hydrogen) atoms. The molecule has 0 fully saturated rings. The van der Waals surface area contributed by atoms with E-state index in [1.165, 1.54) is 6.33 Å². The first-order chi connectivity index (χ1) is 15.3. The third-order valence-corrected chi connectivity index (χ3v) is 4.56. The highest BCUT2D eigenvalue weighted by molar-refractivity contribution is 5.76. The van der Waals surface area contributed by atoms with Gasteiger partial charge in [-0.05, 0) is 43.2 Å². The summed E-state index contributed by atoms with van der Waals surface area (Å²) >= 11 is 0. The van der Waals surface area contributed by atoms with Crippen LogP contribution in [-0.4, -0.2) is 35.3 Å². The predicted octanol–water partition coefficient (Wildman–Crippen LogP) is 5.11. The minimum Gasteiger partial charge on any atom is -0.494 e. The van der Waals surface area contributed by atoms with E-state index in [9.17, 15) is 18.0 Å². The topological polar surface area (TPSA) is 73.3 Å². The van der Waals surface area contributed by atoms with Gasteiger partial charge in [-0.1, -0.05) is 30.3 Å². The molecule has 0 aliphatic heterocycles.